The molecule has 0 aliphatic carbocycles. The fourth-order valence-electron chi connectivity index (χ4n) is 1.78. The third-order valence-corrected chi connectivity index (χ3v) is 3.18. The number of rotatable bonds is 7. The van der Waals surface area contributed by atoms with Gasteiger partial charge < -0.3 is 4.74 Å². The van der Waals surface area contributed by atoms with Crippen LogP contribution in [0.5, 0.6) is 0 Å². The van der Waals surface area contributed by atoms with Crippen LogP contribution >= 0.6 is 0 Å². The molecule has 112 valence electrons. The van der Waals surface area contributed by atoms with Crippen LogP contribution in [0.1, 0.15) is 39.2 Å². The molecule has 0 radical (unpaired) electrons. The Hall–Kier alpha value is -2.12. The first-order chi connectivity index (χ1) is 9.86. The zero-order valence-corrected chi connectivity index (χ0v) is 12.8. The summed E-state index contributed by atoms with van der Waals surface area (Å²) >= 11 is 0. The lowest BCUT2D eigenvalue weighted by molar-refractivity contribution is -0.384. The van der Waals surface area contributed by atoms with E-state index in [0.717, 1.165) is 18.4 Å². The second kappa shape index (κ2) is 7.61. The summed E-state index contributed by atoms with van der Waals surface area (Å²) in [6.07, 6.45) is 9.30. The quantitative estimate of drug-likeness (QED) is 0.326. The molecule has 0 aliphatic rings. The fourth-order valence-corrected chi connectivity index (χ4v) is 1.78. The normalized spacial score (nSPS) is 13.0. The molecule has 1 aromatic rings. The number of ether oxygens (including phenoxy) is 1. The first kappa shape index (κ1) is 16.9. The molecule has 0 saturated carbocycles. The van der Waals surface area contributed by atoms with Crippen molar-refractivity contribution < 1.29 is 9.66 Å². The molecule has 0 spiro atoms. The summed E-state index contributed by atoms with van der Waals surface area (Å²) in [5, 5.41) is 10.6. The van der Waals surface area contributed by atoms with Gasteiger partial charge in [0.05, 0.1) is 11.5 Å². The summed E-state index contributed by atoms with van der Waals surface area (Å²) in [6.45, 7) is 6.32. The zero-order chi connectivity index (χ0) is 15.9. The number of nitrogens with zero attached hydrogens (tertiary/aromatic N) is 1. The van der Waals surface area contributed by atoms with Crippen molar-refractivity contribution in [3.63, 3.8) is 0 Å². The highest BCUT2D eigenvalue weighted by atomic mass is 16.6. The smallest absolute Gasteiger partial charge is 0.269 e. The first-order valence-corrected chi connectivity index (χ1v) is 6.85. The van der Waals surface area contributed by atoms with E-state index in [1.165, 1.54) is 17.7 Å². The Balaban J connectivity index is 2.60. The molecule has 0 aromatic heterocycles. The molecule has 0 bridgehead atoms. The van der Waals surface area contributed by atoms with E-state index in [1.54, 1.807) is 12.1 Å². The summed E-state index contributed by atoms with van der Waals surface area (Å²) in [4.78, 5) is 10.2. The van der Waals surface area contributed by atoms with Crippen LogP contribution in [0.2, 0.25) is 0 Å². The van der Waals surface area contributed by atoms with Crippen molar-refractivity contribution >= 4 is 5.69 Å². The molecule has 0 heterocycles. The van der Waals surface area contributed by atoms with Gasteiger partial charge in [0.25, 0.3) is 5.69 Å². The van der Waals surface area contributed by atoms with E-state index >= 15 is 0 Å². The number of nitro groups is 1. The Morgan fingerprint density at radius 2 is 2.05 bits per heavy atom. The number of non-ortho nitro benzene ring substituents is 1. The topological polar surface area (TPSA) is 52.4 Å². The maximum Gasteiger partial charge on any atom is 0.269 e. The maximum absolute atomic E-state index is 10.6. The minimum atomic E-state index is -0.631. The zero-order valence-electron chi connectivity index (χ0n) is 12.8. The molecule has 0 saturated heterocycles. The van der Waals surface area contributed by atoms with E-state index in [0.29, 0.717) is 6.61 Å². The van der Waals surface area contributed by atoms with Crippen LogP contribution in [0, 0.1) is 22.5 Å². The molecule has 1 rings (SSSR count). The van der Waals surface area contributed by atoms with Crippen molar-refractivity contribution in [2.24, 2.45) is 0 Å². The largest absolute Gasteiger partial charge is 0.358 e. The average molecular weight is 287 g/mol. The van der Waals surface area contributed by atoms with Crippen molar-refractivity contribution in [1.82, 2.24) is 0 Å². The van der Waals surface area contributed by atoms with E-state index in [9.17, 15) is 10.1 Å². The molecule has 0 fully saturated rings. The number of allylic oxidation sites excluding steroid dienone is 2. The van der Waals surface area contributed by atoms with Gasteiger partial charge in [-0.25, -0.2) is 0 Å². The van der Waals surface area contributed by atoms with E-state index in [1.807, 2.05) is 20.8 Å². The standard InChI is InChI=1S/C17H21NO3/c1-5-17(4,12-6-7-14(2)3)21-13-15-8-10-16(11-9-15)18(19)20/h1,7-11H,6,12-13H2,2-4H3. The van der Waals surface area contributed by atoms with Gasteiger partial charge in [0.1, 0.15) is 5.60 Å². The molecule has 1 atom stereocenters. The number of hydrogen-bond acceptors (Lipinski definition) is 3. The van der Waals surface area contributed by atoms with Gasteiger partial charge in [0, 0.05) is 12.1 Å². The predicted octanol–water partition coefficient (Wildman–Crippen LogP) is 4.25. The SMILES string of the molecule is C#CC(C)(CCC=C(C)C)OCc1ccc([N+](=O)[O-])cc1. The van der Waals surface area contributed by atoms with Gasteiger partial charge >= 0.3 is 0 Å². The van der Waals surface area contributed by atoms with Crippen LogP contribution < -0.4 is 0 Å². The second-order valence-electron chi connectivity index (χ2n) is 5.41. The van der Waals surface area contributed by atoms with Crippen molar-refractivity contribution in [2.45, 2.75) is 45.8 Å². The summed E-state index contributed by atoms with van der Waals surface area (Å²) in [6, 6.07) is 6.31. The van der Waals surface area contributed by atoms with Crippen LogP contribution in [-0.2, 0) is 11.3 Å². The molecule has 4 heteroatoms. The van der Waals surface area contributed by atoms with E-state index in [2.05, 4.69) is 12.0 Å². The maximum atomic E-state index is 10.6. The number of hydrogen-bond donors (Lipinski definition) is 0. The fraction of sp³-hybridized carbons (Fsp3) is 0.412. The van der Waals surface area contributed by atoms with Crippen LogP contribution in [-0.4, -0.2) is 10.5 Å². The summed E-state index contributed by atoms with van der Waals surface area (Å²) in [5.41, 5.74) is 1.56. The van der Waals surface area contributed by atoms with Crippen molar-refractivity contribution in [1.29, 1.82) is 0 Å². The molecule has 1 unspecified atom stereocenters. The van der Waals surface area contributed by atoms with Crippen LogP contribution in [0.3, 0.4) is 0 Å². The van der Waals surface area contributed by atoms with Crippen LogP contribution in [0.25, 0.3) is 0 Å². The van der Waals surface area contributed by atoms with Crippen molar-refractivity contribution in [2.75, 3.05) is 0 Å². The van der Waals surface area contributed by atoms with Gasteiger partial charge in [-0.2, -0.15) is 0 Å². The number of benzene rings is 1. The lowest BCUT2D eigenvalue weighted by Crippen LogP contribution is -2.26. The molecule has 1 aromatic carbocycles. The number of nitro benzene ring substituents is 1. The Morgan fingerprint density at radius 1 is 1.43 bits per heavy atom. The average Bonchev–Trinajstić information content (AvgIpc) is 2.45. The highest BCUT2D eigenvalue weighted by molar-refractivity contribution is 5.32. The summed E-state index contributed by atoms with van der Waals surface area (Å²) < 4.78 is 5.81. The van der Waals surface area contributed by atoms with E-state index in [-0.39, 0.29) is 5.69 Å². The van der Waals surface area contributed by atoms with Gasteiger partial charge in [-0.05, 0) is 51.3 Å². The van der Waals surface area contributed by atoms with Gasteiger partial charge in [0.15, 0.2) is 0 Å². The summed E-state index contributed by atoms with van der Waals surface area (Å²) in [7, 11) is 0. The van der Waals surface area contributed by atoms with Gasteiger partial charge in [-0.15, -0.1) is 6.42 Å². The van der Waals surface area contributed by atoms with Gasteiger partial charge in [0.2, 0.25) is 0 Å². The van der Waals surface area contributed by atoms with E-state index in [4.69, 9.17) is 11.2 Å². The molecule has 4 nitrogen and oxygen atoms in total. The Kier molecular flexibility index (Phi) is 6.13. The highest BCUT2D eigenvalue weighted by Crippen LogP contribution is 2.21. The third kappa shape index (κ3) is 5.80. The first-order valence-electron chi connectivity index (χ1n) is 6.85. The Labute approximate surface area is 126 Å². The second-order valence-corrected chi connectivity index (χ2v) is 5.41. The summed E-state index contributed by atoms with van der Waals surface area (Å²) in [5.74, 6) is 2.69. The minimum Gasteiger partial charge on any atom is -0.358 e. The van der Waals surface area contributed by atoms with Gasteiger partial charge in [-0.1, -0.05) is 17.6 Å². The molecular weight excluding hydrogens is 266 g/mol. The van der Waals surface area contributed by atoms with Crippen molar-refractivity contribution in [3.05, 3.63) is 51.6 Å². The lowest BCUT2D eigenvalue weighted by atomic mass is 10.00. The predicted molar refractivity (Wildman–Crippen MR) is 83.8 cm³/mol. The number of terminal acetylenes is 1. The molecule has 0 N–H and O–H groups in total. The molecular formula is C17H21NO3. The molecule has 21 heavy (non-hydrogen) atoms. The van der Waals surface area contributed by atoms with E-state index < -0.39 is 10.5 Å². The van der Waals surface area contributed by atoms with Crippen molar-refractivity contribution in [3.8, 4) is 12.3 Å². The van der Waals surface area contributed by atoms with Crippen LogP contribution in [0.15, 0.2) is 35.9 Å². The minimum absolute atomic E-state index is 0.0713. The monoisotopic (exact) mass is 287 g/mol. The Bertz CT molecular complexity index is 550. The Morgan fingerprint density at radius 3 is 2.52 bits per heavy atom. The molecule has 0 amide bonds. The highest BCUT2D eigenvalue weighted by Gasteiger charge is 2.21. The van der Waals surface area contributed by atoms with Crippen LogP contribution in [0.4, 0.5) is 5.69 Å². The third-order valence-electron chi connectivity index (χ3n) is 3.18. The lowest BCUT2D eigenvalue weighted by Gasteiger charge is -2.23. The van der Waals surface area contributed by atoms with Gasteiger partial charge in [-0.3, -0.25) is 10.1 Å². The molecule has 0 aliphatic heterocycles.